The Morgan fingerprint density at radius 2 is 1.64 bits per heavy atom. The Balaban J connectivity index is 2.10. The van der Waals surface area contributed by atoms with Crippen LogP contribution in [0.4, 0.5) is 5.69 Å². The number of ether oxygens (including phenoxy) is 1. The molecule has 0 saturated heterocycles. The zero-order valence-electron chi connectivity index (χ0n) is 25.3. The first-order chi connectivity index (χ1) is 19.7. The van der Waals surface area contributed by atoms with Gasteiger partial charge in [-0.2, -0.15) is 0 Å². The minimum absolute atomic E-state index is 0.00785. The van der Waals surface area contributed by atoms with Crippen molar-refractivity contribution in [3.05, 3.63) is 87.9 Å². The summed E-state index contributed by atoms with van der Waals surface area (Å²) in [4.78, 5) is 29.2. The summed E-state index contributed by atoms with van der Waals surface area (Å²) in [6.45, 7) is 11.0. The Kier molecular flexibility index (Phi) is 10.8. The zero-order chi connectivity index (χ0) is 31.2. The molecule has 3 aromatic carbocycles. The van der Waals surface area contributed by atoms with E-state index in [1.165, 1.54) is 24.1 Å². The average molecular weight is 659 g/mol. The van der Waals surface area contributed by atoms with E-state index in [1.807, 2.05) is 65.8 Å². The van der Waals surface area contributed by atoms with Crippen LogP contribution < -0.4 is 14.4 Å². The van der Waals surface area contributed by atoms with Crippen molar-refractivity contribution in [3.63, 3.8) is 0 Å². The topological polar surface area (TPSA) is 96.0 Å². The summed E-state index contributed by atoms with van der Waals surface area (Å²) < 4.78 is 35.1. The van der Waals surface area contributed by atoms with Crippen molar-refractivity contribution in [1.29, 1.82) is 0 Å². The Labute approximate surface area is 258 Å². The molecule has 3 rings (SSSR count). The number of carbonyl (C=O) groups excluding carboxylic acids is 2. The summed E-state index contributed by atoms with van der Waals surface area (Å²) in [5, 5.41) is 2.99. The van der Waals surface area contributed by atoms with Crippen LogP contribution in [0.3, 0.4) is 0 Å². The van der Waals surface area contributed by atoms with Gasteiger partial charge >= 0.3 is 0 Å². The first kappa shape index (κ1) is 33.1. The Morgan fingerprint density at radius 1 is 1.00 bits per heavy atom. The van der Waals surface area contributed by atoms with E-state index in [9.17, 15) is 18.0 Å². The van der Waals surface area contributed by atoms with Gasteiger partial charge in [-0.15, -0.1) is 0 Å². The van der Waals surface area contributed by atoms with Gasteiger partial charge in [0.15, 0.2) is 0 Å². The number of nitrogens with zero attached hydrogens (tertiary/aromatic N) is 2. The van der Waals surface area contributed by atoms with Crippen molar-refractivity contribution in [3.8, 4) is 5.75 Å². The fourth-order valence-corrected chi connectivity index (χ4v) is 6.65. The molecule has 2 amide bonds. The lowest BCUT2D eigenvalue weighted by atomic mass is 10.0. The van der Waals surface area contributed by atoms with Gasteiger partial charge in [0.25, 0.3) is 10.0 Å². The molecular formula is C32H40BrN3O5S. The van der Waals surface area contributed by atoms with Crippen LogP contribution in [-0.4, -0.2) is 50.4 Å². The van der Waals surface area contributed by atoms with E-state index in [2.05, 4.69) is 21.2 Å². The average Bonchev–Trinajstić information content (AvgIpc) is 2.92. The summed E-state index contributed by atoms with van der Waals surface area (Å²) in [6.07, 6.45) is 0.349. The van der Waals surface area contributed by atoms with Crippen molar-refractivity contribution in [2.75, 3.05) is 18.0 Å². The standard InChI is InChI=1S/C32H40BrN3O5S/c1-8-28(31(38)34-32(4,5)6)35(20-24-12-10-9-11-23(24)3)30(37)21-36(25-15-13-22(2)14-16-25)42(39,40)26-17-18-29(41-7)27(33)19-26/h9-19,28H,8,20-21H2,1-7H3,(H,34,38). The first-order valence-corrected chi connectivity index (χ1v) is 16.0. The van der Waals surface area contributed by atoms with Gasteiger partial charge in [0.05, 0.1) is 22.2 Å². The number of carbonyl (C=O) groups is 2. The predicted molar refractivity (Wildman–Crippen MR) is 170 cm³/mol. The maximum absolute atomic E-state index is 14.2. The molecule has 0 aliphatic rings. The van der Waals surface area contributed by atoms with Gasteiger partial charge < -0.3 is 15.0 Å². The number of hydrogen-bond acceptors (Lipinski definition) is 5. The summed E-state index contributed by atoms with van der Waals surface area (Å²) in [6, 6.07) is 18.2. The van der Waals surface area contributed by atoms with E-state index < -0.39 is 34.1 Å². The number of hydrogen-bond donors (Lipinski definition) is 1. The van der Waals surface area contributed by atoms with Gasteiger partial charge in [-0.25, -0.2) is 8.42 Å². The second-order valence-electron chi connectivity index (χ2n) is 11.3. The van der Waals surface area contributed by atoms with Crippen molar-refractivity contribution < 1.29 is 22.7 Å². The number of amides is 2. The Hall–Kier alpha value is -3.37. The third-order valence-electron chi connectivity index (χ3n) is 6.80. The SMILES string of the molecule is CCC(C(=O)NC(C)(C)C)N(Cc1ccccc1C)C(=O)CN(c1ccc(C)cc1)S(=O)(=O)c1ccc(OC)c(Br)c1. The minimum atomic E-state index is -4.21. The van der Waals surface area contributed by atoms with Crippen LogP contribution in [0, 0.1) is 13.8 Å². The van der Waals surface area contributed by atoms with Gasteiger partial charge in [-0.05, 0) is 98.4 Å². The molecule has 1 N–H and O–H groups in total. The van der Waals surface area contributed by atoms with E-state index in [4.69, 9.17) is 4.74 Å². The fraction of sp³-hybridized carbons (Fsp3) is 0.375. The quantitative estimate of drug-likeness (QED) is 0.273. The normalized spacial score (nSPS) is 12.4. The molecule has 226 valence electrons. The van der Waals surface area contributed by atoms with E-state index in [-0.39, 0.29) is 17.3 Å². The maximum atomic E-state index is 14.2. The van der Waals surface area contributed by atoms with Crippen molar-refractivity contribution >= 4 is 43.5 Å². The van der Waals surface area contributed by atoms with Crippen molar-refractivity contribution in [2.24, 2.45) is 0 Å². The highest BCUT2D eigenvalue weighted by Crippen LogP contribution is 2.31. The molecule has 0 aromatic heterocycles. The number of halogens is 1. The van der Waals surface area contributed by atoms with Crippen molar-refractivity contribution in [2.45, 2.75) is 71.0 Å². The van der Waals surface area contributed by atoms with E-state index >= 15 is 0 Å². The third-order valence-corrected chi connectivity index (χ3v) is 9.19. The van der Waals surface area contributed by atoms with Crippen LogP contribution >= 0.6 is 15.9 Å². The monoisotopic (exact) mass is 657 g/mol. The number of nitrogens with one attached hydrogen (secondary N) is 1. The van der Waals surface area contributed by atoms with Crippen LogP contribution in [0.2, 0.25) is 0 Å². The zero-order valence-corrected chi connectivity index (χ0v) is 27.7. The number of sulfonamides is 1. The lowest BCUT2D eigenvalue weighted by Gasteiger charge is -2.35. The summed E-state index contributed by atoms with van der Waals surface area (Å²) in [5.41, 5.74) is 2.61. The highest BCUT2D eigenvalue weighted by molar-refractivity contribution is 9.10. The summed E-state index contributed by atoms with van der Waals surface area (Å²) in [5.74, 6) is -0.311. The van der Waals surface area contributed by atoms with Crippen LogP contribution in [0.1, 0.15) is 50.8 Å². The van der Waals surface area contributed by atoms with Gasteiger partial charge in [0.2, 0.25) is 11.8 Å². The van der Waals surface area contributed by atoms with Crippen LogP contribution in [0.15, 0.2) is 76.1 Å². The van der Waals surface area contributed by atoms with Gasteiger partial charge in [0, 0.05) is 12.1 Å². The van der Waals surface area contributed by atoms with Gasteiger partial charge in [0.1, 0.15) is 18.3 Å². The predicted octanol–water partition coefficient (Wildman–Crippen LogP) is 5.99. The smallest absolute Gasteiger partial charge is 0.264 e. The number of anilines is 1. The van der Waals surface area contributed by atoms with Gasteiger partial charge in [-0.3, -0.25) is 13.9 Å². The third kappa shape index (κ3) is 8.13. The molecule has 10 heteroatoms. The molecule has 1 atom stereocenters. The summed E-state index contributed by atoms with van der Waals surface area (Å²) >= 11 is 3.37. The molecule has 0 fully saturated rings. The lowest BCUT2D eigenvalue weighted by Crippen LogP contribution is -2.55. The van der Waals surface area contributed by atoms with E-state index in [0.29, 0.717) is 22.3 Å². The molecule has 0 bridgehead atoms. The molecule has 8 nitrogen and oxygen atoms in total. The molecule has 3 aromatic rings. The molecule has 42 heavy (non-hydrogen) atoms. The van der Waals surface area contributed by atoms with E-state index in [1.54, 1.807) is 30.3 Å². The molecule has 0 saturated carbocycles. The number of rotatable bonds is 11. The molecule has 0 heterocycles. The van der Waals surface area contributed by atoms with Crippen LogP contribution in [-0.2, 0) is 26.2 Å². The largest absolute Gasteiger partial charge is 0.496 e. The number of benzene rings is 3. The van der Waals surface area contributed by atoms with E-state index in [0.717, 1.165) is 21.0 Å². The molecule has 0 aliphatic heterocycles. The number of methoxy groups -OCH3 is 1. The second-order valence-corrected chi connectivity index (χ2v) is 14.0. The fourth-order valence-electron chi connectivity index (χ4n) is 4.52. The maximum Gasteiger partial charge on any atom is 0.264 e. The first-order valence-electron chi connectivity index (χ1n) is 13.8. The molecular weight excluding hydrogens is 618 g/mol. The molecule has 0 aliphatic carbocycles. The van der Waals surface area contributed by atoms with Crippen molar-refractivity contribution in [1.82, 2.24) is 10.2 Å². The minimum Gasteiger partial charge on any atom is -0.496 e. The molecule has 0 spiro atoms. The highest BCUT2D eigenvalue weighted by atomic mass is 79.9. The highest BCUT2D eigenvalue weighted by Gasteiger charge is 2.35. The number of aryl methyl sites for hydroxylation is 2. The van der Waals surface area contributed by atoms with Crippen LogP contribution in [0.25, 0.3) is 0 Å². The van der Waals surface area contributed by atoms with Crippen LogP contribution in [0.5, 0.6) is 5.75 Å². The lowest BCUT2D eigenvalue weighted by molar-refractivity contribution is -0.141. The molecule has 0 radical (unpaired) electrons. The Bertz CT molecular complexity index is 1520. The summed E-state index contributed by atoms with van der Waals surface area (Å²) in [7, 11) is -2.71. The molecule has 1 unspecified atom stereocenters. The van der Waals surface area contributed by atoms with Gasteiger partial charge in [-0.1, -0.05) is 48.9 Å². The second kappa shape index (κ2) is 13.7. The Morgan fingerprint density at radius 3 is 2.19 bits per heavy atom.